The topological polar surface area (TPSA) is 58.6 Å². The number of rotatable bonds is 3. The molecule has 0 atom stereocenters. The van der Waals surface area contributed by atoms with Gasteiger partial charge in [0, 0.05) is 24.9 Å². The monoisotopic (exact) mass is 242 g/mol. The van der Waals surface area contributed by atoms with Crippen LogP contribution >= 0.6 is 0 Å². The Kier molecular flexibility index (Phi) is 4.93. The number of amides is 2. The average Bonchev–Trinajstić information content (AvgIpc) is 2.28. The van der Waals surface area contributed by atoms with Crippen molar-refractivity contribution in [1.29, 1.82) is 0 Å². The molecule has 0 unspecified atom stereocenters. The Labute approximate surface area is 102 Å². The first-order valence-corrected chi connectivity index (χ1v) is 6.13. The first-order chi connectivity index (χ1) is 7.91. The van der Waals surface area contributed by atoms with Crippen LogP contribution in [0.5, 0.6) is 0 Å². The summed E-state index contributed by atoms with van der Waals surface area (Å²) >= 11 is 0. The van der Waals surface area contributed by atoms with Crippen molar-refractivity contribution in [2.75, 3.05) is 19.7 Å². The zero-order valence-electron chi connectivity index (χ0n) is 10.9. The second kappa shape index (κ2) is 6.00. The summed E-state index contributed by atoms with van der Waals surface area (Å²) in [6, 6.07) is 0. The van der Waals surface area contributed by atoms with Gasteiger partial charge in [0.1, 0.15) is 0 Å². The lowest BCUT2D eigenvalue weighted by Gasteiger charge is -2.26. The Hall–Kier alpha value is -1.10. The largest absolute Gasteiger partial charge is 0.355 e. The van der Waals surface area contributed by atoms with Crippen molar-refractivity contribution >= 4 is 11.8 Å². The van der Waals surface area contributed by atoms with Gasteiger partial charge in [-0.15, -0.1) is 0 Å². The highest BCUT2D eigenvalue weighted by Gasteiger charge is 2.22. The molecule has 1 aliphatic rings. The van der Waals surface area contributed by atoms with Crippen LogP contribution in [0.3, 0.4) is 0 Å². The Morgan fingerprint density at radius 2 is 2.00 bits per heavy atom. The molecule has 5 nitrogen and oxygen atoms in total. The lowest BCUT2D eigenvalue weighted by molar-refractivity contribution is -0.196. The Morgan fingerprint density at radius 1 is 1.29 bits per heavy atom. The standard InChI is InChI=1S/C12H22N2O3/c1-12(2,3)11(16)13-7-6-10(15)14-8-4-5-9-17-14/h4-9H2,1-3H3,(H,13,16). The summed E-state index contributed by atoms with van der Waals surface area (Å²) in [5, 5.41) is 4.16. The van der Waals surface area contributed by atoms with E-state index in [4.69, 9.17) is 4.84 Å². The molecule has 1 rings (SSSR count). The molecule has 0 saturated carbocycles. The fourth-order valence-corrected chi connectivity index (χ4v) is 1.47. The molecule has 1 N–H and O–H groups in total. The molecule has 1 aliphatic heterocycles. The predicted molar refractivity (Wildman–Crippen MR) is 64.0 cm³/mol. The van der Waals surface area contributed by atoms with Crippen LogP contribution < -0.4 is 5.32 Å². The molecule has 2 amide bonds. The summed E-state index contributed by atoms with van der Waals surface area (Å²) < 4.78 is 0. The van der Waals surface area contributed by atoms with Crippen molar-refractivity contribution < 1.29 is 14.4 Å². The molecule has 98 valence electrons. The van der Waals surface area contributed by atoms with Gasteiger partial charge in [-0.05, 0) is 12.8 Å². The lowest BCUT2D eigenvalue weighted by atomic mass is 9.96. The van der Waals surface area contributed by atoms with Gasteiger partial charge in [-0.2, -0.15) is 0 Å². The Balaban J connectivity index is 2.22. The first kappa shape index (κ1) is 14.0. The molecule has 1 fully saturated rings. The molecular weight excluding hydrogens is 220 g/mol. The third kappa shape index (κ3) is 4.73. The van der Waals surface area contributed by atoms with Gasteiger partial charge in [0.15, 0.2) is 0 Å². The van der Waals surface area contributed by atoms with Crippen LogP contribution in [0.1, 0.15) is 40.0 Å². The number of carbonyl (C=O) groups is 2. The van der Waals surface area contributed by atoms with Crippen LogP contribution in [0.25, 0.3) is 0 Å². The molecule has 0 spiro atoms. The zero-order chi connectivity index (χ0) is 12.9. The van der Waals surface area contributed by atoms with Crippen LogP contribution in [0.4, 0.5) is 0 Å². The lowest BCUT2D eigenvalue weighted by Crippen LogP contribution is -2.40. The van der Waals surface area contributed by atoms with E-state index in [-0.39, 0.29) is 11.8 Å². The highest BCUT2D eigenvalue weighted by molar-refractivity contribution is 5.82. The number of carbonyl (C=O) groups excluding carboxylic acids is 2. The van der Waals surface area contributed by atoms with Crippen molar-refractivity contribution in [2.24, 2.45) is 5.41 Å². The molecule has 0 aromatic heterocycles. The maximum Gasteiger partial charge on any atom is 0.247 e. The number of hydroxylamine groups is 2. The Bertz CT molecular complexity index is 278. The van der Waals surface area contributed by atoms with Crippen molar-refractivity contribution in [3.8, 4) is 0 Å². The van der Waals surface area contributed by atoms with Crippen LogP contribution in [-0.2, 0) is 14.4 Å². The number of hydrogen-bond acceptors (Lipinski definition) is 3. The second-order valence-corrected chi connectivity index (χ2v) is 5.29. The molecule has 5 heteroatoms. The van der Waals surface area contributed by atoms with Crippen molar-refractivity contribution in [2.45, 2.75) is 40.0 Å². The molecule has 0 aromatic carbocycles. The summed E-state index contributed by atoms with van der Waals surface area (Å²) in [7, 11) is 0. The summed E-state index contributed by atoms with van der Waals surface area (Å²) in [5.74, 6) is -0.0937. The van der Waals surface area contributed by atoms with Crippen LogP contribution in [-0.4, -0.2) is 36.6 Å². The van der Waals surface area contributed by atoms with E-state index in [1.165, 1.54) is 5.06 Å². The van der Waals surface area contributed by atoms with E-state index in [1.807, 2.05) is 20.8 Å². The number of nitrogens with zero attached hydrogens (tertiary/aromatic N) is 1. The number of hydrogen-bond donors (Lipinski definition) is 1. The smallest absolute Gasteiger partial charge is 0.247 e. The van der Waals surface area contributed by atoms with E-state index in [9.17, 15) is 9.59 Å². The van der Waals surface area contributed by atoms with Crippen molar-refractivity contribution in [3.63, 3.8) is 0 Å². The fraction of sp³-hybridized carbons (Fsp3) is 0.833. The fourth-order valence-electron chi connectivity index (χ4n) is 1.47. The molecule has 1 saturated heterocycles. The third-order valence-electron chi connectivity index (χ3n) is 2.59. The molecular formula is C12H22N2O3. The summed E-state index contributed by atoms with van der Waals surface area (Å²) in [6.07, 6.45) is 2.28. The maximum absolute atomic E-state index is 11.7. The minimum Gasteiger partial charge on any atom is -0.355 e. The van der Waals surface area contributed by atoms with Gasteiger partial charge in [0.2, 0.25) is 11.8 Å². The second-order valence-electron chi connectivity index (χ2n) is 5.29. The first-order valence-electron chi connectivity index (χ1n) is 6.13. The minimum absolute atomic E-state index is 0.0372. The molecule has 17 heavy (non-hydrogen) atoms. The van der Waals surface area contributed by atoms with Crippen LogP contribution in [0.15, 0.2) is 0 Å². The van der Waals surface area contributed by atoms with Crippen LogP contribution in [0, 0.1) is 5.41 Å². The van der Waals surface area contributed by atoms with E-state index in [0.29, 0.717) is 26.1 Å². The summed E-state index contributed by atoms with van der Waals surface area (Å²) in [5.41, 5.74) is -0.412. The number of nitrogens with one attached hydrogen (secondary N) is 1. The minimum atomic E-state index is -0.412. The maximum atomic E-state index is 11.7. The van der Waals surface area contributed by atoms with E-state index < -0.39 is 5.41 Å². The molecule has 0 aliphatic carbocycles. The van der Waals surface area contributed by atoms with Gasteiger partial charge >= 0.3 is 0 Å². The molecule has 0 bridgehead atoms. The quantitative estimate of drug-likeness (QED) is 0.806. The third-order valence-corrected chi connectivity index (χ3v) is 2.59. The normalized spacial score (nSPS) is 16.8. The van der Waals surface area contributed by atoms with E-state index >= 15 is 0 Å². The van der Waals surface area contributed by atoms with Gasteiger partial charge in [0.05, 0.1) is 6.61 Å². The molecule has 1 heterocycles. The predicted octanol–water partition coefficient (Wildman–Crippen LogP) is 1.09. The average molecular weight is 242 g/mol. The van der Waals surface area contributed by atoms with Gasteiger partial charge in [-0.25, -0.2) is 5.06 Å². The van der Waals surface area contributed by atoms with Gasteiger partial charge in [-0.1, -0.05) is 20.8 Å². The molecule has 0 radical (unpaired) electrons. The van der Waals surface area contributed by atoms with Gasteiger partial charge in [-0.3, -0.25) is 14.4 Å². The highest BCUT2D eigenvalue weighted by Crippen LogP contribution is 2.12. The van der Waals surface area contributed by atoms with E-state index in [2.05, 4.69) is 5.32 Å². The highest BCUT2D eigenvalue weighted by atomic mass is 16.7. The SMILES string of the molecule is CC(C)(C)C(=O)NCCC(=O)N1CCCCO1. The van der Waals surface area contributed by atoms with E-state index in [1.54, 1.807) is 0 Å². The van der Waals surface area contributed by atoms with Crippen molar-refractivity contribution in [1.82, 2.24) is 10.4 Å². The summed E-state index contributed by atoms with van der Waals surface area (Å²) in [6.45, 7) is 7.18. The van der Waals surface area contributed by atoms with Gasteiger partial charge < -0.3 is 5.32 Å². The molecule has 0 aromatic rings. The van der Waals surface area contributed by atoms with Gasteiger partial charge in [0.25, 0.3) is 0 Å². The van der Waals surface area contributed by atoms with E-state index in [0.717, 1.165) is 12.8 Å². The van der Waals surface area contributed by atoms with Crippen LogP contribution in [0.2, 0.25) is 0 Å². The Morgan fingerprint density at radius 3 is 2.53 bits per heavy atom. The van der Waals surface area contributed by atoms with Crippen molar-refractivity contribution in [3.05, 3.63) is 0 Å². The zero-order valence-corrected chi connectivity index (χ0v) is 10.9. The summed E-state index contributed by atoms with van der Waals surface area (Å²) in [4.78, 5) is 28.5.